The van der Waals surface area contributed by atoms with Gasteiger partial charge in [-0.2, -0.15) is 0 Å². The van der Waals surface area contributed by atoms with Crippen molar-refractivity contribution in [2.45, 2.75) is 39.2 Å². The Bertz CT molecular complexity index is 525. The number of amides is 1. The number of hydrogen-bond donors (Lipinski definition) is 1. The standard InChI is InChI=1S/C15H17BrINO/c1-10-6-7-11(14(17)8-10)9-18-15(19)12-4-2-3-5-13(12)16/h6-8H,2-5,9H2,1H3,(H,18,19). The first-order chi connectivity index (χ1) is 9.08. The summed E-state index contributed by atoms with van der Waals surface area (Å²) in [5, 5.41) is 3.03. The van der Waals surface area contributed by atoms with Gasteiger partial charge >= 0.3 is 0 Å². The van der Waals surface area contributed by atoms with Gasteiger partial charge in [-0.1, -0.05) is 33.6 Å². The van der Waals surface area contributed by atoms with Gasteiger partial charge in [0.2, 0.25) is 5.91 Å². The molecule has 0 saturated carbocycles. The molecule has 0 unspecified atom stereocenters. The van der Waals surface area contributed by atoms with Crippen molar-refractivity contribution in [1.29, 1.82) is 0 Å². The second-order valence-corrected chi connectivity index (χ2v) is 6.99. The quantitative estimate of drug-likeness (QED) is 0.701. The highest BCUT2D eigenvalue weighted by Gasteiger charge is 2.17. The molecule has 0 radical (unpaired) electrons. The first kappa shape index (κ1) is 15.0. The number of aryl methyl sites for hydroxylation is 1. The van der Waals surface area contributed by atoms with Crippen molar-refractivity contribution in [3.63, 3.8) is 0 Å². The Labute approximate surface area is 136 Å². The molecule has 0 aliphatic heterocycles. The molecule has 1 aliphatic carbocycles. The van der Waals surface area contributed by atoms with Crippen LogP contribution in [0.1, 0.15) is 36.8 Å². The number of carbonyl (C=O) groups excluding carboxylic acids is 1. The van der Waals surface area contributed by atoms with Crippen LogP contribution < -0.4 is 5.32 Å². The molecular formula is C15H17BrINO. The van der Waals surface area contributed by atoms with Crippen LogP contribution >= 0.6 is 38.5 Å². The van der Waals surface area contributed by atoms with Gasteiger partial charge in [-0.15, -0.1) is 0 Å². The summed E-state index contributed by atoms with van der Waals surface area (Å²) in [7, 11) is 0. The third kappa shape index (κ3) is 4.05. The molecule has 4 heteroatoms. The SMILES string of the molecule is Cc1ccc(CNC(=O)C2=C(Br)CCCC2)c(I)c1. The lowest BCUT2D eigenvalue weighted by molar-refractivity contribution is -0.117. The fourth-order valence-corrected chi connectivity index (χ4v) is 3.70. The molecule has 0 atom stereocenters. The van der Waals surface area contributed by atoms with E-state index in [1.807, 2.05) is 0 Å². The summed E-state index contributed by atoms with van der Waals surface area (Å²) in [6, 6.07) is 6.30. The first-order valence-corrected chi connectivity index (χ1v) is 8.36. The fourth-order valence-electron chi connectivity index (χ4n) is 2.18. The molecule has 19 heavy (non-hydrogen) atoms. The highest BCUT2D eigenvalue weighted by molar-refractivity contribution is 14.1. The molecule has 1 N–H and O–H groups in total. The third-order valence-corrected chi connectivity index (χ3v) is 5.20. The van der Waals surface area contributed by atoms with Crippen molar-refractivity contribution >= 4 is 44.4 Å². The van der Waals surface area contributed by atoms with E-state index >= 15 is 0 Å². The molecule has 2 nitrogen and oxygen atoms in total. The molecule has 0 aromatic heterocycles. The van der Waals surface area contributed by atoms with E-state index in [4.69, 9.17) is 0 Å². The number of hydrogen-bond acceptors (Lipinski definition) is 1. The van der Waals surface area contributed by atoms with Gasteiger partial charge in [0.25, 0.3) is 0 Å². The lowest BCUT2D eigenvalue weighted by Crippen LogP contribution is -2.26. The van der Waals surface area contributed by atoms with Crippen molar-refractivity contribution in [2.75, 3.05) is 0 Å². The first-order valence-electron chi connectivity index (χ1n) is 6.48. The molecule has 102 valence electrons. The maximum Gasteiger partial charge on any atom is 0.248 e. The topological polar surface area (TPSA) is 29.1 Å². The van der Waals surface area contributed by atoms with Gasteiger partial charge < -0.3 is 5.32 Å². The van der Waals surface area contributed by atoms with Crippen molar-refractivity contribution < 1.29 is 4.79 Å². The van der Waals surface area contributed by atoms with E-state index in [9.17, 15) is 4.79 Å². The largest absolute Gasteiger partial charge is 0.348 e. The van der Waals surface area contributed by atoms with Crippen LogP contribution in [-0.4, -0.2) is 5.91 Å². The average molecular weight is 434 g/mol. The van der Waals surface area contributed by atoms with Crippen molar-refractivity contribution in [3.8, 4) is 0 Å². The molecule has 0 heterocycles. The number of halogens is 2. The molecule has 2 rings (SSSR count). The van der Waals surface area contributed by atoms with Gasteiger partial charge in [-0.25, -0.2) is 0 Å². The molecule has 0 spiro atoms. The monoisotopic (exact) mass is 433 g/mol. The van der Waals surface area contributed by atoms with Crippen molar-refractivity contribution in [2.24, 2.45) is 0 Å². The van der Waals surface area contributed by atoms with Crippen LogP contribution in [0.25, 0.3) is 0 Å². The second-order valence-electron chi connectivity index (χ2n) is 4.87. The summed E-state index contributed by atoms with van der Waals surface area (Å²) in [5.41, 5.74) is 3.35. The summed E-state index contributed by atoms with van der Waals surface area (Å²) in [6.07, 6.45) is 4.16. The maximum atomic E-state index is 12.2. The van der Waals surface area contributed by atoms with Gasteiger partial charge in [0.1, 0.15) is 0 Å². The number of benzene rings is 1. The van der Waals surface area contributed by atoms with Crippen LogP contribution in [0.2, 0.25) is 0 Å². The van der Waals surface area contributed by atoms with E-state index in [0.29, 0.717) is 6.54 Å². The lowest BCUT2D eigenvalue weighted by atomic mass is 9.99. The average Bonchev–Trinajstić information content (AvgIpc) is 2.38. The van der Waals surface area contributed by atoms with Crippen molar-refractivity contribution in [1.82, 2.24) is 5.32 Å². The third-order valence-electron chi connectivity index (χ3n) is 3.32. The lowest BCUT2D eigenvalue weighted by Gasteiger charge is -2.16. The minimum atomic E-state index is 0.0722. The Morgan fingerprint density at radius 2 is 2.11 bits per heavy atom. The van der Waals surface area contributed by atoms with Gasteiger partial charge in [-0.05, 0) is 66.8 Å². The fraction of sp³-hybridized carbons (Fsp3) is 0.400. The Hall–Kier alpha value is -0.360. The van der Waals surface area contributed by atoms with E-state index in [2.05, 4.69) is 69.0 Å². The predicted octanol–water partition coefficient (Wildman–Crippen LogP) is 4.44. The zero-order chi connectivity index (χ0) is 13.8. The Balaban J connectivity index is 2.00. The Morgan fingerprint density at radius 1 is 1.37 bits per heavy atom. The zero-order valence-corrected chi connectivity index (χ0v) is 14.7. The second kappa shape index (κ2) is 6.88. The van der Waals surface area contributed by atoms with Crippen LogP contribution in [0.15, 0.2) is 28.3 Å². The van der Waals surface area contributed by atoms with E-state index < -0.39 is 0 Å². The zero-order valence-electron chi connectivity index (χ0n) is 10.9. The minimum Gasteiger partial charge on any atom is -0.348 e. The summed E-state index contributed by atoms with van der Waals surface area (Å²) in [6.45, 7) is 2.68. The van der Waals surface area contributed by atoms with E-state index in [1.165, 1.54) is 21.1 Å². The molecule has 0 bridgehead atoms. The highest BCUT2D eigenvalue weighted by Crippen LogP contribution is 2.28. The van der Waals surface area contributed by atoms with Gasteiger partial charge in [0.05, 0.1) is 0 Å². The van der Waals surface area contributed by atoms with Crippen LogP contribution in [0.4, 0.5) is 0 Å². The summed E-state index contributed by atoms with van der Waals surface area (Å²) in [4.78, 5) is 12.2. The normalized spacial score (nSPS) is 15.5. The molecular weight excluding hydrogens is 417 g/mol. The molecule has 0 saturated heterocycles. The Kier molecular flexibility index (Phi) is 5.45. The summed E-state index contributed by atoms with van der Waals surface area (Å²) in [5.74, 6) is 0.0722. The summed E-state index contributed by atoms with van der Waals surface area (Å²) >= 11 is 5.84. The number of allylic oxidation sites excluding steroid dienone is 1. The maximum absolute atomic E-state index is 12.2. The molecule has 1 aliphatic rings. The number of carbonyl (C=O) groups is 1. The van der Waals surface area contributed by atoms with Crippen LogP contribution in [-0.2, 0) is 11.3 Å². The van der Waals surface area contributed by atoms with Gasteiger partial charge in [0, 0.05) is 20.2 Å². The van der Waals surface area contributed by atoms with E-state index in [0.717, 1.165) is 29.3 Å². The number of nitrogens with one attached hydrogen (secondary N) is 1. The molecule has 0 fully saturated rings. The Morgan fingerprint density at radius 3 is 2.79 bits per heavy atom. The van der Waals surface area contributed by atoms with Crippen LogP contribution in [0.3, 0.4) is 0 Å². The van der Waals surface area contributed by atoms with E-state index in [-0.39, 0.29) is 5.91 Å². The highest BCUT2D eigenvalue weighted by atomic mass is 127. The predicted molar refractivity (Wildman–Crippen MR) is 90.2 cm³/mol. The minimum absolute atomic E-state index is 0.0722. The molecule has 1 amide bonds. The summed E-state index contributed by atoms with van der Waals surface area (Å²) < 4.78 is 2.28. The van der Waals surface area contributed by atoms with Crippen LogP contribution in [0, 0.1) is 10.5 Å². The molecule has 1 aromatic rings. The molecule has 1 aromatic carbocycles. The van der Waals surface area contributed by atoms with E-state index in [1.54, 1.807) is 0 Å². The smallest absolute Gasteiger partial charge is 0.248 e. The van der Waals surface area contributed by atoms with Gasteiger partial charge in [-0.3, -0.25) is 4.79 Å². The number of rotatable bonds is 3. The van der Waals surface area contributed by atoms with Crippen molar-refractivity contribution in [3.05, 3.63) is 43.0 Å². The van der Waals surface area contributed by atoms with Gasteiger partial charge in [0.15, 0.2) is 0 Å². The van der Waals surface area contributed by atoms with Crippen LogP contribution in [0.5, 0.6) is 0 Å².